The molecule has 114 valence electrons. The second kappa shape index (κ2) is 8.93. The highest BCUT2D eigenvalue weighted by molar-refractivity contribution is 7.89. The zero-order valence-corrected chi connectivity index (χ0v) is 13.3. The van der Waals surface area contributed by atoms with Crippen LogP contribution < -0.4 is 10.0 Å². The number of hydrogen-bond acceptors (Lipinski definition) is 3. The third kappa shape index (κ3) is 7.90. The molecule has 1 rings (SSSR count). The van der Waals surface area contributed by atoms with Crippen LogP contribution in [0.25, 0.3) is 0 Å². The largest absolute Gasteiger partial charge is 0.317 e. The van der Waals surface area contributed by atoms with Crippen LogP contribution in [0.2, 0.25) is 0 Å². The summed E-state index contributed by atoms with van der Waals surface area (Å²) in [6, 6.07) is 0.170. The molecular formula is C14H30N2O2S. The van der Waals surface area contributed by atoms with E-state index in [1.54, 1.807) is 0 Å². The zero-order chi connectivity index (χ0) is 14.1. The van der Waals surface area contributed by atoms with Crippen molar-refractivity contribution in [3.8, 4) is 0 Å². The fourth-order valence-electron chi connectivity index (χ4n) is 2.64. The maximum Gasteiger partial charge on any atom is 0.211 e. The molecule has 2 atom stereocenters. The van der Waals surface area contributed by atoms with Crippen LogP contribution in [0.5, 0.6) is 0 Å². The average Bonchev–Trinajstić information content (AvgIpc) is 2.54. The van der Waals surface area contributed by atoms with Gasteiger partial charge in [0, 0.05) is 6.04 Å². The van der Waals surface area contributed by atoms with E-state index in [2.05, 4.69) is 23.9 Å². The lowest BCUT2D eigenvalue weighted by molar-refractivity contribution is 0.484. The van der Waals surface area contributed by atoms with Crippen molar-refractivity contribution in [3.05, 3.63) is 0 Å². The Morgan fingerprint density at radius 3 is 2.63 bits per heavy atom. The van der Waals surface area contributed by atoms with E-state index in [1.807, 2.05) is 0 Å². The summed E-state index contributed by atoms with van der Waals surface area (Å²) in [6.45, 7) is 6.18. The van der Waals surface area contributed by atoms with E-state index < -0.39 is 10.0 Å². The van der Waals surface area contributed by atoms with Gasteiger partial charge in [-0.2, -0.15) is 0 Å². The van der Waals surface area contributed by atoms with Crippen LogP contribution in [0, 0.1) is 5.92 Å². The Kier molecular flexibility index (Phi) is 7.95. The van der Waals surface area contributed by atoms with E-state index in [9.17, 15) is 8.42 Å². The van der Waals surface area contributed by atoms with Gasteiger partial charge in [0.2, 0.25) is 10.0 Å². The Bertz CT molecular complexity index is 330. The molecule has 2 unspecified atom stereocenters. The normalized spacial score (nSPS) is 25.2. The van der Waals surface area contributed by atoms with Crippen molar-refractivity contribution in [1.29, 1.82) is 0 Å². The molecule has 0 amide bonds. The molecule has 0 heterocycles. The van der Waals surface area contributed by atoms with Gasteiger partial charge in [-0.3, -0.25) is 0 Å². The van der Waals surface area contributed by atoms with Gasteiger partial charge in [0.15, 0.2) is 0 Å². The predicted octanol–water partition coefficient (Wildman–Crippen LogP) is 2.26. The standard InChI is InChI=1S/C14H30N2O2S/c1-3-15-11-4-5-12-19(17,18)16-14-8-6-7-13(2)9-10-14/h13-16H,3-12H2,1-2H3. The SMILES string of the molecule is CCNCCCCS(=O)(=O)NC1CCCC(C)CC1. The minimum absolute atomic E-state index is 0.170. The molecule has 0 saturated heterocycles. The molecule has 4 nitrogen and oxygen atoms in total. The first-order chi connectivity index (χ1) is 9.03. The van der Waals surface area contributed by atoms with Gasteiger partial charge in [-0.25, -0.2) is 13.1 Å². The summed E-state index contributed by atoms with van der Waals surface area (Å²) in [7, 11) is -3.08. The van der Waals surface area contributed by atoms with Crippen LogP contribution in [0.4, 0.5) is 0 Å². The zero-order valence-electron chi connectivity index (χ0n) is 12.5. The smallest absolute Gasteiger partial charge is 0.211 e. The van der Waals surface area contributed by atoms with Crippen LogP contribution in [-0.4, -0.2) is 33.3 Å². The second-order valence-electron chi connectivity index (χ2n) is 5.81. The third-order valence-corrected chi connectivity index (χ3v) is 5.39. The molecule has 1 aliphatic rings. The van der Waals surface area contributed by atoms with E-state index >= 15 is 0 Å². The molecule has 19 heavy (non-hydrogen) atoms. The third-order valence-electron chi connectivity index (χ3n) is 3.87. The molecule has 5 heteroatoms. The van der Waals surface area contributed by atoms with Crippen molar-refractivity contribution in [3.63, 3.8) is 0 Å². The van der Waals surface area contributed by atoms with E-state index in [0.29, 0.717) is 0 Å². The maximum absolute atomic E-state index is 12.0. The molecule has 1 saturated carbocycles. The van der Waals surface area contributed by atoms with Gasteiger partial charge in [0.05, 0.1) is 5.75 Å². The number of nitrogens with one attached hydrogen (secondary N) is 2. The maximum atomic E-state index is 12.0. The van der Waals surface area contributed by atoms with Crippen LogP contribution in [0.1, 0.15) is 58.8 Å². The van der Waals surface area contributed by atoms with Gasteiger partial charge in [-0.1, -0.05) is 26.7 Å². The molecule has 0 aromatic rings. The lowest BCUT2D eigenvalue weighted by Crippen LogP contribution is -2.36. The molecule has 0 aromatic heterocycles. The summed E-state index contributed by atoms with van der Waals surface area (Å²) in [5.74, 6) is 1.01. The number of sulfonamides is 1. The molecular weight excluding hydrogens is 260 g/mol. The highest BCUT2D eigenvalue weighted by Crippen LogP contribution is 2.23. The molecule has 0 radical (unpaired) electrons. The van der Waals surface area contributed by atoms with Crippen molar-refractivity contribution < 1.29 is 8.42 Å². The first-order valence-corrected chi connectivity index (χ1v) is 9.39. The Morgan fingerprint density at radius 1 is 1.11 bits per heavy atom. The number of unbranched alkanes of at least 4 members (excludes halogenated alkanes) is 1. The Labute approximate surface area is 118 Å². The van der Waals surface area contributed by atoms with Crippen molar-refractivity contribution in [2.24, 2.45) is 5.92 Å². The molecule has 1 fully saturated rings. The number of rotatable bonds is 8. The van der Waals surface area contributed by atoms with E-state index in [-0.39, 0.29) is 11.8 Å². The predicted molar refractivity (Wildman–Crippen MR) is 80.7 cm³/mol. The van der Waals surface area contributed by atoms with Gasteiger partial charge in [0.25, 0.3) is 0 Å². The quantitative estimate of drug-likeness (QED) is 0.532. The Balaban J connectivity index is 2.25. The lowest BCUT2D eigenvalue weighted by Gasteiger charge is -2.16. The highest BCUT2D eigenvalue weighted by Gasteiger charge is 2.20. The van der Waals surface area contributed by atoms with Gasteiger partial charge < -0.3 is 5.32 Å². The monoisotopic (exact) mass is 290 g/mol. The molecule has 2 N–H and O–H groups in total. The first kappa shape index (κ1) is 16.9. The molecule has 0 aromatic carbocycles. The summed E-state index contributed by atoms with van der Waals surface area (Å²) in [5, 5.41) is 3.21. The van der Waals surface area contributed by atoms with Gasteiger partial charge in [-0.05, 0) is 51.1 Å². The van der Waals surface area contributed by atoms with Crippen molar-refractivity contribution >= 4 is 10.0 Å². The van der Waals surface area contributed by atoms with E-state index in [1.165, 1.54) is 6.42 Å². The Morgan fingerprint density at radius 2 is 1.89 bits per heavy atom. The second-order valence-corrected chi connectivity index (χ2v) is 7.68. The summed E-state index contributed by atoms with van der Waals surface area (Å²) >= 11 is 0. The summed E-state index contributed by atoms with van der Waals surface area (Å²) in [4.78, 5) is 0. The van der Waals surface area contributed by atoms with E-state index in [0.717, 1.165) is 57.5 Å². The highest BCUT2D eigenvalue weighted by atomic mass is 32.2. The minimum atomic E-state index is -3.08. The van der Waals surface area contributed by atoms with Crippen LogP contribution in [0.3, 0.4) is 0 Å². The Hall–Kier alpha value is -0.130. The van der Waals surface area contributed by atoms with Crippen LogP contribution >= 0.6 is 0 Å². The van der Waals surface area contributed by atoms with Gasteiger partial charge in [0.1, 0.15) is 0 Å². The van der Waals surface area contributed by atoms with Crippen LogP contribution in [0.15, 0.2) is 0 Å². The minimum Gasteiger partial charge on any atom is -0.317 e. The lowest BCUT2D eigenvalue weighted by atomic mass is 10.0. The van der Waals surface area contributed by atoms with Gasteiger partial charge >= 0.3 is 0 Å². The van der Waals surface area contributed by atoms with Crippen molar-refractivity contribution in [2.75, 3.05) is 18.8 Å². The van der Waals surface area contributed by atoms with E-state index in [4.69, 9.17) is 0 Å². The van der Waals surface area contributed by atoms with Crippen molar-refractivity contribution in [1.82, 2.24) is 10.0 Å². The summed E-state index contributed by atoms with van der Waals surface area (Å²) in [5.41, 5.74) is 0. The first-order valence-electron chi connectivity index (χ1n) is 7.74. The molecule has 0 spiro atoms. The fourth-order valence-corrected chi connectivity index (χ4v) is 4.08. The molecule has 0 bridgehead atoms. The summed E-state index contributed by atoms with van der Waals surface area (Å²) < 4.78 is 26.9. The summed E-state index contributed by atoms with van der Waals surface area (Å²) in [6.07, 6.45) is 7.20. The molecule has 1 aliphatic carbocycles. The topological polar surface area (TPSA) is 58.2 Å². The van der Waals surface area contributed by atoms with Crippen LogP contribution in [-0.2, 0) is 10.0 Å². The van der Waals surface area contributed by atoms with Gasteiger partial charge in [-0.15, -0.1) is 0 Å². The van der Waals surface area contributed by atoms with Crippen molar-refractivity contribution in [2.45, 2.75) is 64.8 Å². The molecule has 0 aliphatic heterocycles. The average molecular weight is 290 g/mol. The number of hydrogen-bond donors (Lipinski definition) is 2. The fraction of sp³-hybridized carbons (Fsp3) is 1.00.